The average molecular weight is 341 g/mol. The molecule has 3 rings (SSSR count). The average Bonchev–Trinajstić information content (AvgIpc) is 2.52. The van der Waals surface area contributed by atoms with Gasteiger partial charge in [-0.25, -0.2) is 0 Å². The standard InChI is InChI=1S/C18H24N2.2ClH/c1-3-18(20-12-10-19-11-13-20)17-9-8-14(2)15-6-4-5-7-16(15)17;;/h4-9,18-19H,3,10-13H2,1-2H3;2*1H/t18-;;/m0../s1. The summed E-state index contributed by atoms with van der Waals surface area (Å²) in [7, 11) is 0. The van der Waals surface area contributed by atoms with Crippen molar-refractivity contribution in [1.82, 2.24) is 10.2 Å². The van der Waals surface area contributed by atoms with Crippen LogP contribution in [0.1, 0.15) is 30.5 Å². The van der Waals surface area contributed by atoms with Crippen LogP contribution in [0.3, 0.4) is 0 Å². The van der Waals surface area contributed by atoms with Gasteiger partial charge in [-0.1, -0.05) is 43.3 Å². The topological polar surface area (TPSA) is 15.3 Å². The van der Waals surface area contributed by atoms with Crippen LogP contribution in [0, 0.1) is 6.92 Å². The van der Waals surface area contributed by atoms with Gasteiger partial charge in [0.15, 0.2) is 0 Å². The first kappa shape index (κ1) is 19.2. The third-order valence-corrected chi connectivity index (χ3v) is 4.51. The third-order valence-electron chi connectivity index (χ3n) is 4.51. The molecule has 0 unspecified atom stereocenters. The lowest BCUT2D eigenvalue weighted by molar-refractivity contribution is 0.170. The lowest BCUT2D eigenvalue weighted by atomic mass is 9.93. The molecule has 4 heteroatoms. The Morgan fingerprint density at radius 1 is 1.00 bits per heavy atom. The predicted molar refractivity (Wildman–Crippen MR) is 101 cm³/mol. The molecule has 1 saturated heterocycles. The second-order valence-electron chi connectivity index (χ2n) is 5.73. The molecule has 1 N–H and O–H groups in total. The second kappa shape index (κ2) is 8.73. The monoisotopic (exact) mass is 340 g/mol. The Labute approximate surface area is 146 Å². The van der Waals surface area contributed by atoms with Crippen molar-refractivity contribution in [3.63, 3.8) is 0 Å². The molecular weight excluding hydrogens is 315 g/mol. The molecule has 0 saturated carbocycles. The number of fused-ring (bicyclic) bond motifs is 1. The van der Waals surface area contributed by atoms with Crippen LogP contribution in [-0.4, -0.2) is 31.1 Å². The molecule has 2 aromatic rings. The van der Waals surface area contributed by atoms with Crippen LogP contribution < -0.4 is 5.32 Å². The van der Waals surface area contributed by atoms with E-state index in [4.69, 9.17) is 0 Å². The summed E-state index contributed by atoms with van der Waals surface area (Å²) < 4.78 is 0. The maximum Gasteiger partial charge on any atom is 0.0352 e. The summed E-state index contributed by atoms with van der Waals surface area (Å²) in [5.41, 5.74) is 2.87. The summed E-state index contributed by atoms with van der Waals surface area (Å²) in [5.74, 6) is 0. The van der Waals surface area contributed by atoms with Crippen LogP contribution in [0.5, 0.6) is 0 Å². The van der Waals surface area contributed by atoms with E-state index in [9.17, 15) is 0 Å². The zero-order valence-electron chi connectivity index (χ0n) is 13.3. The summed E-state index contributed by atoms with van der Waals surface area (Å²) in [6, 6.07) is 14.0. The number of rotatable bonds is 3. The summed E-state index contributed by atoms with van der Waals surface area (Å²) in [6.45, 7) is 9.04. The fraction of sp³-hybridized carbons (Fsp3) is 0.444. The van der Waals surface area contributed by atoms with Crippen LogP contribution in [0.25, 0.3) is 10.8 Å². The van der Waals surface area contributed by atoms with E-state index in [1.807, 2.05) is 0 Å². The van der Waals surface area contributed by atoms with Gasteiger partial charge in [-0.05, 0) is 35.2 Å². The van der Waals surface area contributed by atoms with Crippen molar-refractivity contribution >= 4 is 35.6 Å². The maximum absolute atomic E-state index is 3.45. The number of halogens is 2. The van der Waals surface area contributed by atoms with Gasteiger partial charge in [-0.15, -0.1) is 24.8 Å². The fourth-order valence-corrected chi connectivity index (χ4v) is 3.43. The Balaban J connectivity index is 0.00000121. The molecule has 0 aromatic heterocycles. The number of aryl methyl sites for hydroxylation is 1. The van der Waals surface area contributed by atoms with Crippen LogP contribution >= 0.6 is 24.8 Å². The van der Waals surface area contributed by atoms with E-state index in [1.54, 1.807) is 0 Å². The van der Waals surface area contributed by atoms with E-state index >= 15 is 0 Å². The molecule has 0 aliphatic carbocycles. The van der Waals surface area contributed by atoms with E-state index in [0.717, 1.165) is 26.2 Å². The Kier molecular flexibility index (Phi) is 7.64. The zero-order chi connectivity index (χ0) is 13.9. The SMILES string of the molecule is CC[C@@H](c1ccc(C)c2ccccc12)N1CCNCC1.Cl.Cl. The quantitative estimate of drug-likeness (QED) is 0.893. The van der Waals surface area contributed by atoms with Gasteiger partial charge in [-0.2, -0.15) is 0 Å². The lowest BCUT2D eigenvalue weighted by Gasteiger charge is -2.35. The minimum atomic E-state index is 0. The molecule has 1 aliphatic heterocycles. The molecule has 0 amide bonds. The van der Waals surface area contributed by atoms with Crippen LogP contribution in [0.4, 0.5) is 0 Å². The molecule has 122 valence electrons. The number of hydrogen-bond acceptors (Lipinski definition) is 2. The minimum absolute atomic E-state index is 0. The third kappa shape index (κ3) is 3.75. The van der Waals surface area contributed by atoms with Gasteiger partial charge < -0.3 is 5.32 Å². The Morgan fingerprint density at radius 2 is 1.64 bits per heavy atom. The number of hydrogen-bond donors (Lipinski definition) is 1. The van der Waals surface area contributed by atoms with Crippen molar-refractivity contribution in [2.75, 3.05) is 26.2 Å². The van der Waals surface area contributed by atoms with Crippen molar-refractivity contribution in [3.8, 4) is 0 Å². The first-order chi connectivity index (χ1) is 9.81. The van der Waals surface area contributed by atoms with Crippen molar-refractivity contribution < 1.29 is 0 Å². The molecule has 2 nitrogen and oxygen atoms in total. The fourth-order valence-electron chi connectivity index (χ4n) is 3.43. The highest BCUT2D eigenvalue weighted by Crippen LogP contribution is 2.32. The first-order valence-corrected chi connectivity index (χ1v) is 7.74. The maximum atomic E-state index is 3.45. The zero-order valence-corrected chi connectivity index (χ0v) is 15.0. The van der Waals surface area contributed by atoms with E-state index in [0.29, 0.717) is 6.04 Å². The van der Waals surface area contributed by atoms with E-state index in [2.05, 4.69) is 60.5 Å². The molecule has 0 radical (unpaired) electrons. The molecule has 1 atom stereocenters. The van der Waals surface area contributed by atoms with Gasteiger partial charge in [0.05, 0.1) is 0 Å². The van der Waals surface area contributed by atoms with Crippen molar-refractivity contribution in [1.29, 1.82) is 0 Å². The van der Waals surface area contributed by atoms with E-state index < -0.39 is 0 Å². The highest BCUT2D eigenvalue weighted by Gasteiger charge is 2.22. The van der Waals surface area contributed by atoms with Crippen LogP contribution in [-0.2, 0) is 0 Å². The van der Waals surface area contributed by atoms with Crippen molar-refractivity contribution in [3.05, 3.63) is 47.5 Å². The van der Waals surface area contributed by atoms with Crippen molar-refractivity contribution in [2.45, 2.75) is 26.3 Å². The van der Waals surface area contributed by atoms with E-state index in [1.165, 1.54) is 28.3 Å². The van der Waals surface area contributed by atoms with Crippen LogP contribution in [0.2, 0.25) is 0 Å². The second-order valence-corrected chi connectivity index (χ2v) is 5.73. The predicted octanol–water partition coefficient (Wildman–Crippen LogP) is 4.35. The smallest absolute Gasteiger partial charge is 0.0352 e. The molecular formula is C18H26Cl2N2. The molecule has 0 bridgehead atoms. The molecule has 22 heavy (non-hydrogen) atoms. The lowest BCUT2D eigenvalue weighted by Crippen LogP contribution is -2.45. The van der Waals surface area contributed by atoms with Crippen LogP contribution in [0.15, 0.2) is 36.4 Å². The summed E-state index contributed by atoms with van der Waals surface area (Å²) >= 11 is 0. The van der Waals surface area contributed by atoms with Gasteiger partial charge >= 0.3 is 0 Å². The summed E-state index contributed by atoms with van der Waals surface area (Å²) in [6.07, 6.45) is 1.17. The Hall–Kier alpha value is -0.800. The molecule has 2 aromatic carbocycles. The van der Waals surface area contributed by atoms with Crippen molar-refractivity contribution in [2.24, 2.45) is 0 Å². The normalized spacial score (nSPS) is 16.6. The molecule has 1 aliphatic rings. The first-order valence-electron chi connectivity index (χ1n) is 7.74. The van der Waals surface area contributed by atoms with E-state index in [-0.39, 0.29) is 24.8 Å². The number of benzene rings is 2. The Bertz CT molecular complexity index is 595. The number of piperazine rings is 1. The van der Waals surface area contributed by atoms with Gasteiger partial charge in [0.1, 0.15) is 0 Å². The highest BCUT2D eigenvalue weighted by molar-refractivity contribution is 5.89. The van der Waals surface area contributed by atoms with Gasteiger partial charge in [0.2, 0.25) is 0 Å². The number of nitrogens with zero attached hydrogens (tertiary/aromatic N) is 1. The molecule has 0 spiro atoms. The van der Waals surface area contributed by atoms with Gasteiger partial charge in [-0.3, -0.25) is 4.90 Å². The largest absolute Gasteiger partial charge is 0.314 e. The van der Waals surface area contributed by atoms with Gasteiger partial charge in [0.25, 0.3) is 0 Å². The molecule has 1 fully saturated rings. The summed E-state index contributed by atoms with van der Waals surface area (Å²) in [5, 5.41) is 6.28. The number of nitrogens with one attached hydrogen (secondary N) is 1. The highest BCUT2D eigenvalue weighted by atomic mass is 35.5. The molecule has 1 heterocycles. The van der Waals surface area contributed by atoms with Gasteiger partial charge in [0, 0.05) is 32.2 Å². The summed E-state index contributed by atoms with van der Waals surface area (Å²) in [4.78, 5) is 2.63. The minimum Gasteiger partial charge on any atom is -0.314 e. The Morgan fingerprint density at radius 3 is 2.27 bits per heavy atom.